The van der Waals surface area contributed by atoms with Crippen molar-refractivity contribution >= 4 is 11.6 Å². The van der Waals surface area contributed by atoms with Crippen LogP contribution in [0.15, 0.2) is 12.3 Å². The molecular weight excluding hydrogens is 252 g/mol. The van der Waals surface area contributed by atoms with Crippen molar-refractivity contribution in [3.63, 3.8) is 0 Å². The number of nitrogen functional groups attached to an aromatic ring is 1. The van der Waals surface area contributed by atoms with Crippen LogP contribution in [0.25, 0.3) is 0 Å². The standard InChI is InChI=1S/C15H26N4O/c1-4-7-19-11-12(16)10-14(19)15(20)18(3)13-5-8-17(2)9-6-13/h10-11,13H,4-9,16H2,1-3H3. The summed E-state index contributed by atoms with van der Waals surface area (Å²) in [4.78, 5) is 16.9. The minimum Gasteiger partial charge on any atom is -0.397 e. The smallest absolute Gasteiger partial charge is 0.270 e. The van der Waals surface area contributed by atoms with E-state index in [9.17, 15) is 4.79 Å². The van der Waals surface area contributed by atoms with Crippen LogP contribution in [-0.4, -0.2) is 53.5 Å². The van der Waals surface area contributed by atoms with Crippen molar-refractivity contribution in [2.75, 3.05) is 32.9 Å². The lowest BCUT2D eigenvalue weighted by Crippen LogP contribution is -2.44. The average molecular weight is 278 g/mol. The Bertz CT molecular complexity index is 460. The van der Waals surface area contributed by atoms with E-state index in [1.54, 1.807) is 6.07 Å². The lowest BCUT2D eigenvalue weighted by Gasteiger charge is -2.35. The molecule has 0 bridgehead atoms. The van der Waals surface area contributed by atoms with Crippen LogP contribution >= 0.6 is 0 Å². The van der Waals surface area contributed by atoms with Gasteiger partial charge in [-0.2, -0.15) is 0 Å². The summed E-state index contributed by atoms with van der Waals surface area (Å²) in [6.45, 7) is 5.05. The zero-order chi connectivity index (χ0) is 14.7. The van der Waals surface area contributed by atoms with Gasteiger partial charge in [0.15, 0.2) is 0 Å². The number of nitrogens with zero attached hydrogens (tertiary/aromatic N) is 3. The van der Waals surface area contributed by atoms with Gasteiger partial charge >= 0.3 is 0 Å². The number of rotatable bonds is 4. The number of aryl methyl sites for hydroxylation is 1. The Morgan fingerprint density at radius 1 is 1.45 bits per heavy atom. The van der Waals surface area contributed by atoms with Crippen LogP contribution in [0.2, 0.25) is 0 Å². The van der Waals surface area contributed by atoms with E-state index in [4.69, 9.17) is 5.73 Å². The molecule has 0 saturated carbocycles. The number of likely N-dealkylation sites (tertiary alicyclic amines) is 1. The van der Waals surface area contributed by atoms with E-state index in [0.29, 0.717) is 17.4 Å². The topological polar surface area (TPSA) is 54.5 Å². The van der Waals surface area contributed by atoms with Crippen molar-refractivity contribution in [2.24, 2.45) is 0 Å². The summed E-state index contributed by atoms with van der Waals surface area (Å²) >= 11 is 0. The number of hydrogen-bond donors (Lipinski definition) is 1. The Morgan fingerprint density at radius 2 is 2.10 bits per heavy atom. The largest absolute Gasteiger partial charge is 0.397 e. The molecule has 0 unspecified atom stereocenters. The lowest BCUT2D eigenvalue weighted by atomic mass is 10.0. The summed E-state index contributed by atoms with van der Waals surface area (Å²) in [6, 6.07) is 2.13. The zero-order valence-electron chi connectivity index (χ0n) is 12.8. The van der Waals surface area contributed by atoms with Crippen LogP contribution in [0.3, 0.4) is 0 Å². The van der Waals surface area contributed by atoms with Gasteiger partial charge in [0.05, 0.1) is 5.69 Å². The fourth-order valence-electron chi connectivity index (χ4n) is 2.87. The molecule has 112 valence electrons. The predicted octanol–water partition coefficient (Wildman–Crippen LogP) is 1.65. The van der Waals surface area contributed by atoms with Crippen molar-refractivity contribution in [3.05, 3.63) is 18.0 Å². The first-order valence-corrected chi connectivity index (χ1v) is 7.44. The third-order valence-electron chi connectivity index (χ3n) is 4.16. The second-order valence-corrected chi connectivity index (χ2v) is 5.80. The summed E-state index contributed by atoms with van der Waals surface area (Å²) in [5.41, 5.74) is 7.23. The lowest BCUT2D eigenvalue weighted by molar-refractivity contribution is 0.0649. The summed E-state index contributed by atoms with van der Waals surface area (Å²) in [6.07, 6.45) is 4.94. The van der Waals surface area contributed by atoms with Gasteiger partial charge < -0.3 is 20.1 Å². The normalized spacial score (nSPS) is 17.4. The molecule has 2 N–H and O–H groups in total. The molecule has 0 radical (unpaired) electrons. The molecule has 2 rings (SSSR count). The Hall–Kier alpha value is -1.49. The highest BCUT2D eigenvalue weighted by Gasteiger charge is 2.26. The molecular formula is C15H26N4O. The van der Waals surface area contributed by atoms with Gasteiger partial charge in [0, 0.05) is 25.8 Å². The molecule has 2 heterocycles. The number of amides is 1. The number of carbonyl (C=O) groups is 1. The highest BCUT2D eigenvalue weighted by Crippen LogP contribution is 2.19. The molecule has 1 saturated heterocycles. The maximum atomic E-state index is 12.7. The molecule has 0 atom stereocenters. The molecule has 1 aliphatic heterocycles. The molecule has 0 spiro atoms. The molecule has 0 aliphatic carbocycles. The van der Waals surface area contributed by atoms with E-state index in [2.05, 4.69) is 18.9 Å². The maximum absolute atomic E-state index is 12.7. The third-order valence-corrected chi connectivity index (χ3v) is 4.16. The summed E-state index contributed by atoms with van der Waals surface area (Å²) in [5.74, 6) is 0.0877. The average Bonchev–Trinajstić information content (AvgIpc) is 2.79. The first-order valence-electron chi connectivity index (χ1n) is 7.44. The quantitative estimate of drug-likeness (QED) is 0.911. The Balaban J connectivity index is 2.10. The summed E-state index contributed by atoms with van der Waals surface area (Å²) < 4.78 is 1.98. The predicted molar refractivity (Wildman–Crippen MR) is 81.7 cm³/mol. The van der Waals surface area contributed by atoms with Gasteiger partial charge in [-0.15, -0.1) is 0 Å². The van der Waals surface area contributed by atoms with Crippen LogP contribution in [0.1, 0.15) is 36.7 Å². The Kier molecular flexibility index (Phi) is 4.70. The monoisotopic (exact) mass is 278 g/mol. The number of aromatic nitrogens is 1. The molecule has 1 aromatic heterocycles. The van der Waals surface area contributed by atoms with Gasteiger partial charge in [-0.25, -0.2) is 0 Å². The van der Waals surface area contributed by atoms with Crippen molar-refractivity contribution < 1.29 is 4.79 Å². The molecule has 0 aromatic carbocycles. The van der Waals surface area contributed by atoms with Crippen LogP contribution in [0.4, 0.5) is 5.69 Å². The van der Waals surface area contributed by atoms with Crippen LogP contribution in [0.5, 0.6) is 0 Å². The summed E-state index contributed by atoms with van der Waals surface area (Å²) in [5, 5.41) is 0. The fraction of sp³-hybridized carbons (Fsp3) is 0.667. The highest BCUT2D eigenvalue weighted by atomic mass is 16.2. The molecule has 20 heavy (non-hydrogen) atoms. The minimum absolute atomic E-state index is 0.0877. The zero-order valence-corrected chi connectivity index (χ0v) is 12.8. The second kappa shape index (κ2) is 6.31. The molecule has 1 aliphatic rings. The number of carbonyl (C=O) groups excluding carboxylic acids is 1. The van der Waals surface area contributed by atoms with Gasteiger partial charge in [-0.05, 0) is 45.5 Å². The molecule has 1 amide bonds. The molecule has 5 nitrogen and oxygen atoms in total. The molecule has 5 heteroatoms. The first kappa shape index (κ1) is 14.9. The van der Waals surface area contributed by atoms with E-state index in [1.807, 2.05) is 22.7 Å². The van der Waals surface area contributed by atoms with Gasteiger partial charge in [-0.3, -0.25) is 4.79 Å². The maximum Gasteiger partial charge on any atom is 0.270 e. The van der Waals surface area contributed by atoms with Crippen molar-refractivity contribution in [1.82, 2.24) is 14.4 Å². The highest BCUT2D eigenvalue weighted by molar-refractivity contribution is 5.93. The second-order valence-electron chi connectivity index (χ2n) is 5.80. The van der Waals surface area contributed by atoms with Crippen LogP contribution in [0, 0.1) is 0 Å². The number of nitrogens with two attached hydrogens (primary N) is 1. The van der Waals surface area contributed by atoms with E-state index in [0.717, 1.165) is 38.9 Å². The van der Waals surface area contributed by atoms with Crippen molar-refractivity contribution in [1.29, 1.82) is 0 Å². The van der Waals surface area contributed by atoms with Crippen molar-refractivity contribution in [2.45, 2.75) is 38.8 Å². The van der Waals surface area contributed by atoms with E-state index in [1.165, 1.54) is 0 Å². The van der Waals surface area contributed by atoms with E-state index >= 15 is 0 Å². The van der Waals surface area contributed by atoms with E-state index < -0.39 is 0 Å². The van der Waals surface area contributed by atoms with E-state index in [-0.39, 0.29) is 5.91 Å². The Labute approximate surface area is 121 Å². The first-order chi connectivity index (χ1) is 9.52. The third kappa shape index (κ3) is 3.15. The van der Waals surface area contributed by atoms with Crippen LogP contribution < -0.4 is 5.73 Å². The molecule has 1 aromatic rings. The summed E-state index contributed by atoms with van der Waals surface area (Å²) in [7, 11) is 4.04. The SMILES string of the molecule is CCCn1cc(N)cc1C(=O)N(C)C1CCN(C)CC1. The van der Waals surface area contributed by atoms with Gasteiger partial charge in [0.2, 0.25) is 0 Å². The minimum atomic E-state index is 0.0877. The van der Waals surface area contributed by atoms with Crippen LogP contribution in [-0.2, 0) is 6.54 Å². The fourth-order valence-corrected chi connectivity index (χ4v) is 2.87. The number of hydrogen-bond acceptors (Lipinski definition) is 3. The van der Waals surface area contributed by atoms with Crippen molar-refractivity contribution in [3.8, 4) is 0 Å². The van der Waals surface area contributed by atoms with Gasteiger partial charge in [0.25, 0.3) is 5.91 Å². The number of anilines is 1. The number of piperidine rings is 1. The van der Waals surface area contributed by atoms with Gasteiger partial charge in [0.1, 0.15) is 5.69 Å². The Morgan fingerprint density at radius 3 is 2.70 bits per heavy atom. The molecule has 1 fully saturated rings. The van der Waals surface area contributed by atoms with Gasteiger partial charge in [-0.1, -0.05) is 6.92 Å².